The van der Waals surface area contributed by atoms with E-state index in [2.05, 4.69) is 5.10 Å². The summed E-state index contributed by atoms with van der Waals surface area (Å²) in [4.78, 5) is 0. The minimum absolute atomic E-state index is 0.325. The highest BCUT2D eigenvalue weighted by Crippen LogP contribution is 2.29. The van der Waals surface area contributed by atoms with Crippen LogP contribution in [0.5, 0.6) is 0 Å². The summed E-state index contributed by atoms with van der Waals surface area (Å²) in [6.07, 6.45) is -3.59. The topological polar surface area (TPSA) is 52.5 Å². The van der Waals surface area contributed by atoms with Crippen molar-refractivity contribution in [3.63, 3.8) is 0 Å². The zero-order valence-electron chi connectivity index (χ0n) is 6.11. The number of H-pyrrole nitrogens is 1. The van der Waals surface area contributed by atoms with Crippen LogP contribution in [0.1, 0.15) is 11.3 Å². The van der Waals surface area contributed by atoms with Crippen LogP contribution in [0, 0.1) is 23.2 Å². The molecule has 0 spiro atoms. The molecule has 6 heteroatoms. The molecule has 1 rings (SSSR count). The van der Waals surface area contributed by atoms with Gasteiger partial charge in [-0.2, -0.15) is 23.5 Å². The zero-order chi connectivity index (χ0) is 9.90. The first kappa shape index (κ1) is 9.14. The summed E-state index contributed by atoms with van der Waals surface area (Å²) in [6, 6.07) is 1.41. The van der Waals surface area contributed by atoms with E-state index in [1.165, 1.54) is 6.07 Å². The van der Waals surface area contributed by atoms with Crippen molar-refractivity contribution in [2.24, 2.45) is 0 Å². The standard InChI is InChI=1S/C7H2F3N3/c8-7(9,10)6-5(2-1-3-11)4-12-13-6/h4H,(H,12,13). The van der Waals surface area contributed by atoms with E-state index >= 15 is 0 Å². The van der Waals surface area contributed by atoms with E-state index in [9.17, 15) is 13.2 Å². The molecular weight excluding hydrogens is 183 g/mol. The van der Waals surface area contributed by atoms with Crippen LogP contribution in [-0.4, -0.2) is 10.2 Å². The number of halogens is 3. The minimum Gasteiger partial charge on any atom is -0.273 e. The Kier molecular flexibility index (Phi) is 2.25. The largest absolute Gasteiger partial charge is 0.434 e. The Hall–Kier alpha value is -1.95. The van der Waals surface area contributed by atoms with Crippen molar-refractivity contribution in [3.8, 4) is 17.9 Å². The molecule has 13 heavy (non-hydrogen) atoms. The molecule has 0 bridgehead atoms. The molecule has 0 unspecified atom stereocenters. The summed E-state index contributed by atoms with van der Waals surface area (Å²) in [7, 11) is 0. The van der Waals surface area contributed by atoms with Crippen LogP contribution in [-0.2, 0) is 6.18 Å². The molecular formula is C7H2F3N3. The first-order chi connectivity index (χ1) is 6.05. The number of aromatic amines is 1. The van der Waals surface area contributed by atoms with Crippen LogP contribution in [0.2, 0.25) is 0 Å². The molecule has 1 aromatic rings. The van der Waals surface area contributed by atoms with Crippen molar-refractivity contribution in [1.29, 1.82) is 5.26 Å². The molecule has 3 nitrogen and oxygen atoms in total. The first-order valence-corrected chi connectivity index (χ1v) is 3.06. The third kappa shape index (κ3) is 2.00. The van der Waals surface area contributed by atoms with Gasteiger partial charge in [-0.05, 0) is 5.92 Å². The Balaban J connectivity index is 3.12. The minimum atomic E-state index is -4.52. The normalized spacial score (nSPS) is 10.0. The number of nitrogens with one attached hydrogen (secondary N) is 1. The zero-order valence-corrected chi connectivity index (χ0v) is 6.11. The van der Waals surface area contributed by atoms with Crippen LogP contribution >= 0.6 is 0 Å². The number of aromatic nitrogens is 2. The van der Waals surface area contributed by atoms with Crippen molar-refractivity contribution >= 4 is 0 Å². The number of hydrogen-bond donors (Lipinski definition) is 1. The molecule has 1 aromatic heterocycles. The Labute approximate surface area is 71.2 Å². The molecule has 0 amide bonds. The van der Waals surface area contributed by atoms with Gasteiger partial charge in [0.1, 0.15) is 0 Å². The summed E-state index contributed by atoms with van der Waals surface area (Å²) >= 11 is 0. The molecule has 0 aliphatic carbocycles. The van der Waals surface area contributed by atoms with Crippen LogP contribution in [0.25, 0.3) is 0 Å². The van der Waals surface area contributed by atoms with Crippen molar-refractivity contribution in [1.82, 2.24) is 10.2 Å². The Morgan fingerprint density at radius 1 is 1.46 bits per heavy atom. The molecule has 0 fully saturated rings. The maximum atomic E-state index is 12.1. The van der Waals surface area contributed by atoms with Gasteiger partial charge in [-0.15, -0.1) is 0 Å². The van der Waals surface area contributed by atoms with Crippen molar-refractivity contribution in [3.05, 3.63) is 17.5 Å². The monoisotopic (exact) mass is 185 g/mol. The van der Waals surface area contributed by atoms with Gasteiger partial charge in [0, 0.05) is 5.92 Å². The molecule has 0 radical (unpaired) electrons. The van der Waals surface area contributed by atoms with Gasteiger partial charge in [0.25, 0.3) is 0 Å². The third-order valence-electron chi connectivity index (χ3n) is 1.18. The van der Waals surface area contributed by atoms with E-state index in [4.69, 9.17) is 5.26 Å². The van der Waals surface area contributed by atoms with Gasteiger partial charge in [0.2, 0.25) is 0 Å². The van der Waals surface area contributed by atoms with Crippen molar-refractivity contribution < 1.29 is 13.2 Å². The van der Waals surface area contributed by atoms with E-state index in [1.54, 1.807) is 5.10 Å². The average Bonchev–Trinajstić information content (AvgIpc) is 2.47. The molecule has 1 heterocycles. The van der Waals surface area contributed by atoms with E-state index in [0.717, 1.165) is 6.20 Å². The van der Waals surface area contributed by atoms with Gasteiger partial charge < -0.3 is 0 Å². The van der Waals surface area contributed by atoms with Crippen molar-refractivity contribution in [2.75, 3.05) is 0 Å². The molecule has 1 N–H and O–H groups in total. The molecule has 66 valence electrons. The molecule has 0 atom stereocenters. The number of hydrogen-bond acceptors (Lipinski definition) is 2. The third-order valence-corrected chi connectivity index (χ3v) is 1.18. The highest BCUT2D eigenvalue weighted by Gasteiger charge is 2.35. The maximum absolute atomic E-state index is 12.1. The predicted octanol–water partition coefficient (Wildman–Crippen LogP) is 1.30. The van der Waals surface area contributed by atoms with E-state index in [0.29, 0.717) is 0 Å². The summed E-state index contributed by atoms with van der Waals surface area (Å²) < 4.78 is 36.3. The van der Waals surface area contributed by atoms with Gasteiger partial charge in [-0.25, -0.2) is 0 Å². The van der Waals surface area contributed by atoms with E-state index in [-0.39, 0.29) is 5.56 Å². The Bertz CT molecular complexity index is 399. The summed E-state index contributed by atoms with van der Waals surface area (Å²) in [5.74, 6) is 3.88. The van der Waals surface area contributed by atoms with Gasteiger partial charge in [0.05, 0.1) is 11.8 Å². The molecule has 0 saturated carbocycles. The maximum Gasteiger partial charge on any atom is 0.434 e. The number of nitriles is 1. The van der Waals surface area contributed by atoms with Crippen LogP contribution in [0.4, 0.5) is 13.2 Å². The molecule has 0 aliphatic heterocycles. The number of rotatable bonds is 0. The van der Waals surface area contributed by atoms with Crippen LogP contribution < -0.4 is 0 Å². The lowest BCUT2D eigenvalue weighted by atomic mass is 10.2. The van der Waals surface area contributed by atoms with E-state index in [1.807, 2.05) is 11.8 Å². The highest BCUT2D eigenvalue weighted by molar-refractivity contribution is 5.40. The van der Waals surface area contributed by atoms with Crippen LogP contribution in [0.15, 0.2) is 6.20 Å². The molecule has 0 aromatic carbocycles. The fourth-order valence-electron chi connectivity index (χ4n) is 0.692. The Morgan fingerprint density at radius 2 is 2.15 bits per heavy atom. The summed E-state index contributed by atoms with van der Waals surface area (Å²) in [6.45, 7) is 0. The smallest absolute Gasteiger partial charge is 0.273 e. The number of nitrogens with zero attached hydrogens (tertiary/aromatic N) is 2. The molecule has 0 saturated heterocycles. The average molecular weight is 185 g/mol. The van der Waals surface area contributed by atoms with Gasteiger partial charge in [-0.3, -0.25) is 5.10 Å². The summed E-state index contributed by atoms with van der Waals surface area (Å²) in [5.41, 5.74) is -1.36. The van der Waals surface area contributed by atoms with Gasteiger partial charge in [-0.1, -0.05) is 0 Å². The lowest BCUT2D eigenvalue weighted by Gasteiger charge is -2.01. The second-order valence-corrected chi connectivity index (χ2v) is 2.02. The number of alkyl halides is 3. The Morgan fingerprint density at radius 3 is 2.69 bits per heavy atom. The second-order valence-electron chi connectivity index (χ2n) is 2.02. The fourth-order valence-corrected chi connectivity index (χ4v) is 0.692. The fraction of sp³-hybridized carbons (Fsp3) is 0.143. The second kappa shape index (κ2) is 3.20. The lowest BCUT2D eigenvalue weighted by Crippen LogP contribution is -2.07. The van der Waals surface area contributed by atoms with Gasteiger partial charge in [0.15, 0.2) is 11.8 Å². The SMILES string of the molecule is N#CC#Cc1cn[nH]c1C(F)(F)F. The van der Waals surface area contributed by atoms with Gasteiger partial charge >= 0.3 is 6.18 Å². The van der Waals surface area contributed by atoms with E-state index < -0.39 is 11.9 Å². The molecule has 0 aliphatic rings. The van der Waals surface area contributed by atoms with Crippen molar-refractivity contribution in [2.45, 2.75) is 6.18 Å². The quantitative estimate of drug-likeness (QED) is 0.619. The predicted molar refractivity (Wildman–Crippen MR) is 36.1 cm³/mol. The first-order valence-electron chi connectivity index (χ1n) is 3.06. The lowest BCUT2D eigenvalue weighted by molar-refractivity contribution is -0.141. The summed E-state index contributed by atoms with van der Waals surface area (Å²) in [5, 5.41) is 13.0. The van der Waals surface area contributed by atoms with Crippen LogP contribution in [0.3, 0.4) is 0 Å². The highest BCUT2D eigenvalue weighted by atomic mass is 19.4.